The van der Waals surface area contributed by atoms with Crippen molar-refractivity contribution in [1.29, 1.82) is 0 Å². The molecule has 0 aliphatic rings. The maximum absolute atomic E-state index is 11.2. The molecule has 1 aromatic rings. The van der Waals surface area contributed by atoms with Crippen LogP contribution in [0.1, 0.15) is 30.1 Å². The van der Waals surface area contributed by atoms with Gasteiger partial charge in [-0.15, -0.1) is 0 Å². The standard InChI is InChI=1S/C14H18O3/c1-4-6-12(5-2)17-13-9-7-11(8-10-13)14(15)16-3/h5,7-10,12H,2,4,6H2,1,3H3/t12-/m0/s1. The van der Waals surface area contributed by atoms with E-state index in [9.17, 15) is 4.79 Å². The molecule has 3 heteroatoms. The Bertz CT molecular complexity index is 368. The Hall–Kier alpha value is -1.77. The SMILES string of the molecule is C=C[C@@H](CCC)Oc1ccc(C(=O)OC)cc1. The molecule has 0 bridgehead atoms. The molecule has 1 aromatic carbocycles. The number of ether oxygens (including phenoxy) is 2. The van der Waals surface area contributed by atoms with Crippen LogP contribution in [-0.2, 0) is 4.74 Å². The summed E-state index contributed by atoms with van der Waals surface area (Å²) in [7, 11) is 1.36. The molecule has 0 amide bonds. The van der Waals surface area contributed by atoms with Crippen molar-refractivity contribution in [2.45, 2.75) is 25.9 Å². The predicted octanol–water partition coefficient (Wildman–Crippen LogP) is 3.21. The Kier molecular flexibility index (Phi) is 5.27. The van der Waals surface area contributed by atoms with E-state index in [1.807, 2.05) is 0 Å². The van der Waals surface area contributed by atoms with Crippen molar-refractivity contribution in [3.8, 4) is 5.75 Å². The quantitative estimate of drug-likeness (QED) is 0.560. The smallest absolute Gasteiger partial charge is 0.337 e. The van der Waals surface area contributed by atoms with Crippen LogP contribution >= 0.6 is 0 Å². The van der Waals surface area contributed by atoms with Crippen molar-refractivity contribution in [3.63, 3.8) is 0 Å². The summed E-state index contributed by atoms with van der Waals surface area (Å²) in [5, 5.41) is 0. The first-order valence-electron chi connectivity index (χ1n) is 5.68. The Morgan fingerprint density at radius 2 is 2.06 bits per heavy atom. The van der Waals surface area contributed by atoms with Gasteiger partial charge in [-0.3, -0.25) is 0 Å². The summed E-state index contributed by atoms with van der Waals surface area (Å²) in [6, 6.07) is 6.90. The molecule has 0 heterocycles. The lowest BCUT2D eigenvalue weighted by Crippen LogP contribution is -2.12. The average molecular weight is 234 g/mol. The van der Waals surface area contributed by atoms with E-state index in [0.717, 1.165) is 18.6 Å². The van der Waals surface area contributed by atoms with Gasteiger partial charge < -0.3 is 9.47 Å². The molecule has 1 rings (SSSR count). The molecular formula is C14H18O3. The third-order valence-corrected chi connectivity index (χ3v) is 2.40. The lowest BCUT2D eigenvalue weighted by atomic mass is 10.2. The molecule has 0 N–H and O–H groups in total. The van der Waals surface area contributed by atoms with Crippen LogP contribution in [0.15, 0.2) is 36.9 Å². The highest BCUT2D eigenvalue weighted by Gasteiger charge is 2.07. The minimum atomic E-state index is -0.342. The molecule has 0 spiro atoms. The van der Waals surface area contributed by atoms with Gasteiger partial charge in [-0.25, -0.2) is 4.79 Å². The minimum Gasteiger partial charge on any atom is -0.486 e. The van der Waals surface area contributed by atoms with Gasteiger partial charge in [0.15, 0.2) is 0 Å². The number of methoxy groups -OCH3 is 1. The molecule has 0 aliphatic carbocycles. The molecule has 0 fully saturated rings. The molecule has 0 radical (unpaired) electrons. The topological polar surface area (TPSA) is 35.5 Å². The van der Waals surface area contributed by atoms with Crippen LogP contribution < -0.4 is 4.74 Å². The third kappa shape index (κ3) is 3.94. The largest absolute Gasteiger partial charge is 0.486 e. The van der Waals surface area contributed by atoms with Crippen molar-refractivity contribution in [2.24, 2.45) is 0 Å². The van der Waals surface area contributed by atoms with Crippen LogP contribution in [0.2, 0.25) is 0 Å². The highest BCUT2D eigenvalue weighted by Crippen LogP contribution is 2.16. The molecule has 0 saturated heterocycles. The molecule has 17 heavy (non-hydrogen) atoms. The average Bonchev–Trinajstić information content (AvgIpc) is 2.38. The van der Waals surface area contributed by atoms with Gasteiger partial charge in [0, 0.05) is 0 Å². The normalized spacial score (nSPS) is 11.6. The summed E-state index contributed by atoms with van der Waals surface area (Å²) in [6.07, 6.45) is 3.78. The second-order valence-electron chi connectivity index (χ2n) is 3.70. The summed E-state index contributed by atoms with van der Waals surface area (Å²) in [5.41, 5.74) is 0.519. The first-order chi connectivity index (χ1) is 8.21. The predicted molar refractivity (Wildman–Crippen MR) is 67.3 cm³/mol. The number of hydrogen-bond donors (Lipinski definition) is 0. The maximum Gasteiger partial charge on any atom is 0.337 e. The van der Waals surface area contributed by atoms with E-state index in [2.05, 4.69) is 18.2 Å². The molecule has 0 aliphatic heterocycles. The van der Waals surface area contributed by atoms with Gasteiger partial charge >= 0.3 is 5.97 Å². The fourth-order valence-electron chi connectivity index (χ4n) is 1.47. The summed E-state index contributed by atoms with van der Waals surface area (Å²) in [4.78, 5) is 11.2. The van der Waals surface area contributed by atoms with E-state index in [1.165, 1.54) is 7.11 Å². The van der Waals surface area contributed by atoms with E-state index in [-0.39, 0.29) is 12.1 Å². The van der Waals surface area contributed by atoms with Crippen molar-refractivity contribution < 1.29 is 14.3 Å². The van der Waals surface area contributed by atoms with Gasteiger partial charge in [-0.1, -0.05) is 26.0 Å². The van der Waals surface area contributed by atoms with Gasteiger partial charge in [0.1, 0.15) is 11.9 Å². The first-order valence-corrected chi connectivity index (χ1v) is 5.68. The van der Waals surface area contributed by atoms with E-state index >= 15 is 0 Å². The zero-order valence-electron chi connectivity index (χ0n) is 10.3. The Balaban J connectivity index is 2.67. The van der Waals surface area contributed by atoms with E-state index in [0.29, 0.717) is 5.56 Å². The summed E-state index contributed by atoms with van der Waals surface area (Å²) in [6.45, 7) is 5.83. The van der Waals surface area contributed by atoms with Crippen LogP contribution in [0.5, 0.6) is 5.75 Å². The second kappa shape index (κ2) is 6.74. The summed E-state index contributed by atoms with van der Waals surface area (Å²) in [5.74, 6) is 0.390. The highest BCUT2D eigenvalue weighted by atomic mass is 16.5. The molecular weight excluding hydrogens is 216 g/mol. The number of esters is 1. The fraction of sp³-hybridized carbons (Fsp3) is 0.357. The minimum absolute atomic E-state index is 0.0176. The molecule has 92 valence electrons. The highest BCUT2D eigenvalue weighted by molar-refractivity contribution is 5.89. The zero-order chi connectivity index (χ0) is 12.7. The van der Waals surface area contributed by atoms with Crippen LogP contribution in [0, 0.1) is 0 Å². The van der Waals surface area contributed by atoms with Crippen LogP contribution in [-0.4, -0.2) is 19.2 Å². The Morgan fingerprint density at radius 3 is 2.53 bits per heavy atom. The first kappa shape index (κ1) is 13.3. The number of carbonyl (C=O) groups is 1. The van der Waals surface area contributed by atoms with E-state index in [4.69, 9.17) is 4.74 Å². The van der Waals surface area contributed by atoms with Gasteiger partial charge in [0.2, 0.25) is 0 Å². The maximum atomic E-state index is 11.2. The van der Waals surface area contributed by atoms with Gasteiger partial charge in [0.05, 0.1) is 12.7 Å². The zero-order valence-corrected chi connectivity index (χ0v) is 10.3. The second-order valence-corrected chi connectivity index (χ2v) is 3.70. The van der Waals surface area contributed by atoms with Crippen LogP contribution in [0.3, 0.4) is 0 Å². The van der Waals surface area contributed by atoms with Crippen LogP contribution in [0.4, 0.5) is 0 Å². The third-order valence-electron chi connectivity index (χ3n) is 2.40. The Labute approximate surface area is 102 Å². The molecule has 0 saturated carbocycles. The Morgan fingerprint density at radius 1 is 1.41 bits per heavy atom. The molecule has 0 unspecified atom stereocenters. The van der Waals surface area contributed by atoms with Crippen molar-refractivity contribution in [1.82, 2.24) is 0 Å². The van der Waals surface area contributed by atoms with Crippen molar-refractivity contribution in [2.75, 3.05) is 7.11 Å². The van der Waals surface area contributed by atoms with E-state index < -0.39 is 0 Å². The van der Waals surface area contributed by atoms with Crippen molar-refractivity contribution >= 4 is 5.97 Å². The van der Waals surface area contributed by atoms with Crippen molar-refractivity contribution in [3.05, 3.63) is 42.5 Å². The number of benzene rings is 1. The van der Waals surface area contributed by atoms with Crippen LogP contribution in [0.25, 0.3) is 0 Å². The fourth-order valence-corrected chi connectivity index (χ4v) is 1.47. The van der Waals surface area contributed by atoms with Gasteiger partial charge in [-0.05, 0) is 30.7 Å². The lowest BCUT2D eigenvalue weighted by molar-refractivity contribution is 0.0600. The van der Waals surface area contributed by atoms with E-state index in [1.54, 1.807) is 30.3 Å². The molecule has 3 nitrogen and oxygen atoms in total. The van der Waals surface area contributed by atoms with Gasteiger partial charge in [0.25, 0.3) is 0 Å². The molecule has 0 aromatic heterocycles. The number of carbonyl (C=O) groups excluding carboxylic acids is 1. The summed E-state index contributed by atoms with van der Waals surface area (Å²) >= 11 is 0. The monoisotopic (exact) mass is 234 g/mol. The number of rotatable bonds is 6. The lowest BCUT2D eigenvalue weighted by Gasteiger charge is -2.14. The summed E-state index contributed by atoms with van der Waals surface area (Å²) < 4.78 is 10.3. The van der Waals surface area contributed by atoms with Gasteiger partial charge in [-0.2, -0.15) is 0 Å². The number of hydrogen-bond acceptors (Lipinski definition) is 3. The molecule has 1 atom stereocenters.